The summed E-state index contributed by atoms with van der Waals surface area (Å²) in [5, 5.41) is 2.44. The van der Waals surface area contributed by atoms with Crippen LogP contribution in [0.1, 0.15) is 17.5 Å². The zero-order valence-corrected chi connectivity index (χ0v) is 17.1. The molecule has 1 saturated heterocycles. The number of amidine groups is 1. The first kappa shape index (κ1) is 20.8. The van der Waals surface area contributed by atoms with E-state index in [0.717, 1.165) is 16.8 Å². The number of nitrogens with one attached hydrogen (secondary N) is 1. The molecule has 5 nitrogen and oxygen atoms in total. The molecule has 0 radical (unpaired) electrons. The quantitative estimate of drug-likeness (QED) is 0.708. The fraction of sp³-hybridized carbons (Fsp3) is 0.227. The van der Waals surface area contributed by atoms with Crippen molar-refractivity contribution in [3.63, 3.8) is 0 Å². The first-order chi connectivity index (χ1) is 13.9. The van der Waals surface area contributed by atoms with Gasteiger partial charge in [0.15, 0.2) is 5.17 Å². The van der Waals surface area contributed by atoms with Crippen molar-refractivity contribution in [2.75, 3.05) is 11.9 Å². The fourth-order valence-electron chi connectivity index (χ4n) is 2.91. The lowest BCUT2D eigenvalue weighted by Crippen LogP contribution is -2.33. The molecule has 1 atom stereocenters. The Morgan fingerprint density at radius 3 is 2.76 bits per heavy atom. The normalized spacial score (nSPS) is 17.6. The monoisotopic (exact) mass is 411 g/mol. The molecule has 29 heavy (non-hydrogen) atoms. The molecular formula is C22H22FN3O2S. The van der Waals surface area contributed by atoms with Crippen LogP contribution >= 0.6 is 11.8 Å². The van der Waals surface area contributed by atoms with Crippen LogP contribution in [0.25, 0.3) is 0 Å². The number of para-hydroxylation sites is 1. The zero-order valence-electron chi connectivity index (χ0n) is 16.3. The van der Waals surface area contributed by atoms with Gasteiger partial charge in [0.1, 0.15) is 11.1 Å². The van der Waals surface area contributed by atoms with Crippen molar-refractivity contribution in [1.82, 2.24) is 4.90 Å². The van der Waals surface area contributed by atoms with Crippen LogP contribution in [0.15, 0.2) is 60.1 Å². The van der Waals surface area contributed by atoms with Crippen molar-refractivity contribution in [2.45, 2.75) is 25.5 Å². The maximum atomic E-state index is 13.8. The molecule has 0 aromatic heterocycles. The van der Waals surface area contributed by atoms with Gasteiger partial charge in [-0.25, -0.2) is 9.38 Å². The average Bonchev–Trinajstić information content (AvgIpc) is 2.96. The molecule has 7 heteroatoms. The SMILES string of the molecule is C=CCN1C(=O)[C@@H](CC(=O)Nc2ccccc2F)SC1=Nc1cccc(C)c1C. The second kappa shape index (κ2) is 9.05. The summed E-state index contributed by atoms with van der Waals surface area (Å²) in [7, 11) is 0. The highest BCUT2D eigenvalue weighted by Crippen LogP contribution is 2.33. The number of carbonyl (C=O) groups excluding carboxylic acids is 2. The standard InChI is InChI=1S/C22H22FN3O2S/c1-4-12-26-21(28)19(13-20(27)24-18-10-6-5-9-16(18)23)29-22(26)25-17-11-7-8-14(2)15(17)3/h4-11,19H,1,12-13H2,2-3H3,(H,24,27)/t19-/m1/s1. The van der Waals surface area contributed by atoms with Crippen LogP contribution in [0.3, 0.4) is 0 Å². The maximum absolute atomic E-state index is 13.8. The Morgan fingerprint density at radius 2 is 2.03 bits per heavy atom. The molecule has 0 spiro atoms. The molecule has 3 rings (SSSR count). The third-order valence-electron chi connectivity index (χ3n) is 4.64. The van der Waals surface area contributed by atoms with Gasteiger partial charge in [-0.2, -0.15) is 0 Å². The van der Waals surface area contributed by atoms with Gasteiger partial charge in [0, 0.05) is 13.0 Å². The van der Waals surface area contributed by atoms with Crippen molar-refractivity contribution in [3.05, 3.63) is 72.1 Å². The van der Waals surface area contributed by atoms with Crippen molar-refractivity contribution in [1.29, 1.82) is 0 Å². The predicted octanol–water partition coefficient (Wildman–Crippen LogP) is 4.59. The Hall–Kier alpha value is -2.93. The van der Waals surface area contributed by atoms with Gasteiger partial charge in [-0.15, -0.1) is 6.58 Å². The van der Waals surface area contributed by atoms with Crippen LogP contribution in [0, 0.1) is 19.7 Å². The van der Waals surface area contributed by atoms with E-state index < -0.39 is 17.0 Å². The van der Waals surface area contributed by atoms with E-state index in [2.05, 4.69) is 16.9 Å². The van der Waals surface area contributed by atoms with Gasteiger partial charge in [-0.05, 0) is 43.2 Å². The molecule has 2 aromatic rings. The van der Waals surface area contributed by atoms with Crippen molar-refractivity contribution < 1.29 is 14.0 Å². The van der Waals surface area contributed by atoms with Gasteiger partial charge in [0.25, 0.3) is 0 Å². The Bertz CT molecular complexity index is 990. The number of halogens is 1. The molecule has 2 amide bonds. The van der Waals surface area contributed by atoms with Crippen LogP contribution in [0.5, 0.6) is 0 Å². The Balaban J connectivity index is 1.79. The zero-order chi connectivity index (χ0) is 21.0. The van der Waals surface area contributed by atoms with Crippen LogP contribution < -0.4 is 5.32 Å². The third-order valence-corrected chi connectivity index (χ3v) is 5.82. The van der Waals surface area contributed by atoms with Crippen LogP contribution in [0.2, 0.25) is 0 Å². The predicted molar refractivity (Wildman–Crippen MR) is 116 cm³/mol. The molecule has 1 heterocycles. The number of aryl methyl sites for hydroxylation is 1. The summed E-state index contributed by atoms with van der Waals surface area (Å²) in [6.07, 6.45) is 1.55. The lowest BCUT2D eigenvalue weighted by molar-refractivity contribution is -0.127. The molecule has 1 aliphatic rings. The minimum atomic E-state index is -0.620. The topological polar surface area (TPSA) is 61.8 Å². The van der Waals surface area contributed by atoms with Crippen LogP contribution in [0.4, 0.5) is 15.8 Å². The Morgan fingerprint density at radius 1 is 1.28 bits per heavy atom. The fourth-order valence-corrected chi connectivity index (χ4v) is 4.07. The number of thioether (sulfide) groups is 1. The number of benzene rings is 2. The number of hydrogen-bond donors (Lipinski definition) is 1. The Labute approximate surface area is 173 Å². The lowest BCUT2D eigenvalue weighted by Gasteiger charge is -2.14. The van der Waals surface area contributed by atoms with Gasteiger partial charge in [0.05, 0.1) is 11.4 Å². The number of amides is 2. The number of rotatable bonds is 6. The molecule has 0 aliphatic carbocycles. The van der Waals surface area contributed by atoms with Crippen LogP contribution in [-0.2, 0) is 9.59 Å². The molecule has 1 fully saturated rings. The van der Waals surface area contributed by atoms with Crippen molar-refractivity contribution in [3.8, 4) is 0 Å². The minimum Gasteiger partial charge on any atom is -0.324 e. The smallest absolute Gasteiger partial charge is 0.242 e. The summed E-state index contributed by atoms with van der Waals surface area (Å²) >= 11 is 1.24. The second-order valence-electron chi connectivity index (χ2n) is 6.69. The van der Waals surface area contributed by atoms with E-state index >= 15 is 0 Å². The molecule has 1 aliphatic heterocycles. The summed E-state index contributed by atoms with van der Waals surface area (Å²) in [5.41, 5.74) is 3.02. The van der Waals surface area contributed by atoms with Gasteiger partial charge in [-0.1, -0.05) is 42.1 Å². The number of anilines is 1. The van der Waals surface area contributed by atoms with E-state index in [9.17, 15) is 14.0 Å². The summed E-state index contributed by atoms with van der Waals surface area (Å²) < 4.78 is 13.8. The molecule has 0 saturated carbocycles. The number of aliphatic imine (C=N–C) groups is 1. The van der Waals surface area contributed by atoms with Gasteiger partial charge in [0.2, 0.25) is 11.8 Å². The molecule has 0 bridgehead atoms. The first-order valence-corrected chi connectivity index (χ1v) is 10.1. The summed E-state index contributed by atoms with van der Waals surface area (Å²) in [4.78, 5) is 31.4. The first-order valence-electron chi connectivity index (χ1n) is 9.19. The van der Waals surface area contributed by atoms with E-state index in [0.29, 0.717) is 11.7 Å². The van der Waals surface area contributed by atoms with Gasteiger partial charge < -0.3 is 5.32 Å². The molecule has 0 unspecified atom stereocenters. The van der Waals surface area contributed by atoms with E-state index in [1.165, 1.54) is 28.8 Å². The summed E-state index contributed by atoms with van der Waals surface area (Å²) in [5.74, 6) is -1.15. The highest BCUT2D eigenvalue weighted by atomic mass is 32.2. The molecular weight excluding hydrogens is 389 g/mol. The molecule has 150 valence electrons. The van der Waals surface area contributed by atoms with Crippen molar-refractivity contribution >= 4 is 40.1 Å². The van der Waals surface area contributed by atoms with E-state index in [1.54, 1.807) is 18.2 Å². The number of carbonyl (C=O) groups is 2. The number of nitrogens with zero attached hydrogens (tertiary/aromatic N) is 2. The number of hydrogen-bond acceptors (Lipinski definition) is 4. The third kappa shape index (κ3) is 4.74. The van der Waals surface area contributed by atoms with E-state index in [-0.39, 0.29) is 18.0 Å². The minimum absolute atomic E-state index is 0.0721. The van der Waals surface area contributed by atoms with E-state index in [1.807, 2.05) is 32.0 Å². The maximum Gasteiger partial charge on any atom is 0.242 e. The summed E-state index contributed by atoms with van der Waals surface area (Å²) in [6.45, 7) is 7.99. The van der Waals surface area contributed by atoms with Gasteiger partial charge >= 0.3 is 0 Å². The van der Waals surface area contributed by atoms with Crippen LogP contribution in [-0.4, -0.2) is 33.7 Å². The van der Waals surface area contributed by atoms with Gasteiger partial charge in [-0.3, -0.25) is 14.5 Å². The lowest BCUT2D eigenvalue weighted by atomic mass is 10.1. The highest BCUT2D eigenvalue weighted by Gasteiger charge is 2.38. The van der Waals surface area contributed by atoms with Crippen molar-refractivity contribution in [2.24, 2.45) is 4.99 Å². The largest absolute Gasteiger partial charge is 0.324 e. The Kier molecular flexibility index (Phi) is 6.49. The molecule has 2 aromatic carbocycles. The van der Waals surface area contributed by atoms with E-state index in [4.69, 9.17) is 0 Å². The highest BCUT2D eigenvalue weighted by molar-refractivity contribution is 8.15. The molecule has 1 N–H and O–H groups in total. The summed E-state index contributed by atoms with van der Waals surface area (Å²) in [6, 6.07) is 11.7. The average molecular weight is 412 g/mol. The second-order valence-corrected chi connectivity index (χ2v) is 7.86.